The van der Waals surface area contributed by atoms with Gasteiger partial charge in [0.25, 0.3) is 0 Å². The van der Waals surface area contributed by atoms with Gasteiger partial charge in [-0.2, -0.15) is 0 Å². The van der Waals surface area contributed by atoms with Gasteiger partial charge in [-0.25, -0.2) is 0 Å². The first-order chi connectivity index (χ1) is 12.4. The molecule has 3 rings (SSSR count). The van der Waals surface area contributed by atoms with E-state index in [0.717, 1.165) is 26.1 Å². The predicted molar refractivity (Wildman–Crippen MR) is 122 cm³/mol. The maximum absolute atomic E-state index is 11.5. The molecule has 0 aliphatic carbocycles. The Bertz CT molecular complexity index is 760. The van der Waals surface area contributed by atoms with Crippen LogP contribution in [0.1, 0.15) is 22.3 Å². The van der Waals surface area contributed by atoms with Crippen molar-refractivity contribution < 1.29 is 4.79 Å². The Morgan fingerprint density at radius 2 is 1.64 bits per heavy atom. The highest BCUT2D eigenvalue weighted by Gasteiger charge is 2.29. The van der Waals surface area contributed by atoms with E-state index in [1.54, 1.807) is 0 Å². The number of benzene rings is 2. The molecule has 1 amide bonds. The van der Waals surface area contributed by atoms with Crippen molar-refractivity contribution in [1.29, 1.82) is 0 Å². The minimum atomic E-state index is -0.251. The summed E-state index contributed by atoms with van der Waals surface area (Å²) in [7, 11) is 0. The third kappa shape index (κ3) is 5.87. The fourth-order valence-corrected chi connectivity index (χ4v) is 4.26. The maximum atomic E-state index is 11.5. The molecule has 0 spiro atoms. The lowest BCUT2D eigenvalue weighted by atomic mass is 9.99. The number of carbonyl (C=O) groups is 1. The SMILES string of the molecule is Cc1cc(C)c(N2CCN(CC(N)=O)C(Cc3ccccc3)C2)c(C)c1.Cl.Cl. The van der Waals surface area contributed by atoms with Crippen molar-refractivity contribution >= 4 is 36.4 Å². The summed E-state index contributed by atoms with van der Waals surface area (Å²) >= 11 is 0. The van der Waals surface area contributed by atoms with Crippen LogP contribution in [0, 0.1) is 20.8 Å². The van der Waals surface area contributed by atoms with Crippen molar-refractivity contribution in [3.63, 3.8) is 0 Å². The highest BCUT2D eigenvalue weighted by atomic mass is 35.5. The average Bonchev–Trinajstić information content (AvgIpc) is 2.57. The lowest BCUT2D eigenvalue weighted by Gasteiger charge is -2.43. The first-order valence-electron chi connectivity index (χ1n) is 9.33. The van der Waals surface area contributed by atoms with Crippen LogP contribution in [0.3, 0.4) is 0 Å². The second-order valence-electron chi connectivity index (χ2n) is 7.47. The fourth-order valence-electron chi connectivity index (χ4n) is 4.26. The number of hydrogen-bond donors (Lipinski definition) is 1. The van der Waals surface area contributed by atoms with Crippen molar-refractivity contribution in [2.75, 3.05) is 31.1 Å². The summed E-state index contributed by atoms with van der Waals surface area (Å²) < 4.78 is 0. The van der Waals surface area contributed by atoms with Gasteiger partial charge in [0.15, 0.2) is 0 Å². The Kier molecular flexibility index (Phi) is 9.28. The second-order valence-corrected chi connectivity index (χ2v) is 7.47. The molecular weight excluding hydrogens is 393 g/mol. The van der Waals surface area contributed by atoms with Crippen LogP contribution in [0.5, 0.6) is 0 Å². The molecule has 28 heavy (non-hydrogen) atoms. The molecular formula is C22H31Cl2N3O. The van der Waals surface area contributed by atoms with Gasteiger partial charge in [-0.1, -0.05) is 48.0 Å². The van der Waals surface area contributed by atoms with Crippen LogP contribution in [-0.4, -0.2) is 43.0 Å². The molecule has 154 valence electrons. The monoisotopic (exact) mass is 423 g/mol. The first kappa shape index (κ1) is 24.3. The van der Waals surface area contributed by atoms with Gasteiger partial charge in [0.2, 0.25) is 5.91 Å². The molecule has 2 aromatic carbocycles. The fraction of sp³-hybridized carbons (Fsp3) is 0.409. The molecule has 0 aromatic heterocycles. The number of carbonyl (C=O) groups excluding carboxylic acids is 1. The molecule has 1 saturated heterocycles. The van der Waals surface area contributed by atoms with Gasteiger partial charge in [-0.3, -0.25) is 9.69 Å². The Labute approximate surface area is 180 Å². The highest BCUT2D eigenvalue weighted by Crippen LogP contribution is 2.29. The van der Waals surface area contributed by atoms with Crippen LogP contribution >= 0.6 is 24.8 Å². The lowest BCUT2D eigenvalue weighted by molar-refractivity contribution is -0.119. The molecule has 1 heterocycles. The molecule has 0 radical (unpaired) electrons. The number of primary amides is 1. The zero-order valence-corrected chi connectivity index (χ0v) is 18.5. The smallest absolute Gasteiger partial charge is 0.231 e. The molecule has 0 saturated carbocycles. The molecule has 0 bridgehead atoms. The summed E-state index contributed by atoms with van der Waals surface area (Å²) in [5.74, 6) is -0.251. The summed E-state index contributed by atoms with van der Waals surface area (Å²) in [6, 6.07) is 15.3. The highest BCUT2D eigenvalue weighted by molar-refractivity contribution is 5.85. The van der Waals surface area contributed by atoms with Gasteiger partial charge in [-0.15, -0.1) is 24.8 Å². The molecule has 1 atom stereocenters. The number of rotatable bonds is 5. The molecule has 4 nitrogen and oxygen atoms in total. The quantitative estimate of drug-likeness (QED) is 0.797. The van der Waals surface area contributed by atoms with Crippen molar-refractivity contribution in [1.82, 2.24) is 4.90 Å². The second kappa shape index (κ2) is 10.7. The van der Waals surface area contributed by atoms with E-state index in [-0.39, 0.29) is 36.8 Å². The molecule has 1 unspecified atom stereocenters. The van der Waals surface area contributed by atoms with E-state index in [2.05, 4.69) is 67.0 Å². The van der Waals surface area contributed by atoms with E-state index in [4.69, 9.17) is 5.73 Å². The Balaban J connectivity index is 0.00000196. The van der Waals surface area contributed by atoms with Crippen LogP contribution in [-0.2, 0) is 11.2 Å². The molecule has 1 aliphatic heterocycles. The normalized spacial score (nSPS) is 16.8. The van der Waals surface area contributed by atoms with Crippen LogP contribution in [0.2, 0.25) is 0 Å². The van der Waals surface area contributed by atoms with Gasteiger partial charge in [-0.05, 0) is 43.9 Å². The summed E-state index contributed by atoms with van der Waals surface area (Å²) in [6.07, 6.45) is 0.925. The zero-order chi connectivity index (χ0) is 18.7. The molecule has 2 N–H and O–H groups in total. The van der Waals surface area contributed by atoms with E-state index < -0.39 is 0 Å². The van der Waals surface area contributed by atoms with Crippen LogP contribution in [0.4, 0.5) is 5.69 Å². The Morgan fingerprint density at radius 1 is 1.04 bits per heavy atom. The van der Waals surface area contributed by atoms with E-state index in [1.807, 2.05) is 6.07 Å². The van der Waals surface area contributed by atoms with Crippen LogP contribution in [0.25, 0.3) is 0 Å². The van der Waals surface area contributed by atoms with Crippen molar-refractivity contribution in [3.8, 4) is 0 Å². The third-order valence-electron chi connectivity index (χ3n) is 5.23. The first-order valence-corrected chi connectivity index (χ1v) is 9.33. The predicted octanol–water partition coefficient (Wildman–Crippen LogP) is 3.67. The maximum Gasteiger partial charge on any atom is 0.231 e. The number of amides is 1. The van der Waals surface area contributed by atoms with Crippen LogP contribution in [0.15, 0.2) is 42.5 Å². The average molecular weight is 424 g/mol. The third-order valence-corrected chi connectivity index (χ3v) is 5.23. The van der Waals surface area contributed by atoms with E-state index >= 15 is 0 Å². The van der Waals surface area contributed by atoms with Gasteiger partial charge < -0.3 is 10.6 Å². The van der Waals surface area contributed by atoms with E-state index in [1.165, 1.54) is 27.9 Å². The van der Waals surface area contributed by atoms with Crippen molar-refractivity contribution in [2.24, 2.45) is 5.73 Å². The summed E-state index contributed by atoms with van der Waals surface area (Å²) in [6.45, 7) is 9.54. The number of nitrogens with two attached hydrogens (primary N) is 1. The molecule has 6 heteroatoms. The lowest BCUT2D eigenvalue weighted by Crippen LogP contribution is -2.56. The number of hydrogen-bond acceptors (Lipinski definition) is 3. The largest absolute Gasteiger partial charge is 0.369 e. The summed E-state index contributed by atoms with van der Waals surface area (Å²) in [5.41, 5.74) is 12.1. The number of anilines is 1. The number of nitrogens with zero attached hydrogens (tertiary/aromatic N) is 2. The number of aryl methyl sites for hydroxylation is 3. The Morgan fingerprint density at radius 3 is 2.21 bits per heavy atom. The molecule has 2 aromatic rings. The zero-order valence-electron chi connectivity index (χ0n) is 16.9. The van der Waals surface area contributed by atoms with Crippen LogP contribution < -0.4 is 10.6 Å². The van der Waals surface area contributed by atoms with Gasteiger partial charge >= 0.3 is 0 Å². The summed E-state index contributed by atoms with van der Waals surface area (Å²) in [4.78, 5) is 16.3. The van der Waals surface area contributed by atoms with Crippen molar-refractivity contribution in [3.05, 3.63) is 64.7 Å². The van der Waals surface area contributed by atoms with Crippen molar-refractivity contribution in [2.45, 2.75) is 33.2 Å². The minimum absolute atomic E-state index is 0. The Hall–Kier alpha value is -1.75. The summed E-state index contributed by atoms with van der Waals surface area (Å²) in [5, 5.41) is 0. The van der Waals surface area contributed by atoms with Gasteiger partial charge in [0.05, 0.1) is 6.54 Å². The topological polar surface area (TPSA) is 49.6 Å². The molecule has 1 aliphatic rings. The number of halogens is 2. The molecule has 1 fully saturated rings. The minimum Gasteiger partial charge on any atom is -0.369 e. The van der Waals surface area contributed by atoms with E-state index in [0.29, 0.717) is 6.54 Å². The number of piperazine rings is 1. The van der Waals surface area contributed by atoms with E-state index in [9.17, 15) is 4.79 Å². The van der Waals surface area contributed by atoms with Gasteiger partial charge in [0.1, 0.15) is 0 Å². The van der Waals surface area contributed by atoms with Gasteiger partial charge in [0, 0.05) is 31.4 Å². The standard InChI is InChI=1S/C22H29N3O.2ClH/c1-16-11-17(2)22(18(3)12-16)25-10-9-24(15-21(23)26)20(14-25)13-19-7-5-4-6-8-19;;/h4-8,11-12,20H,9-10,13-15H2,1-3H3,(H2,23,26);2*1H.